The first kappa shape index (κ1) is 24.9. The monoisotopic (exact) mass is 500 g/mol. The Labute approximate surface area is 208 Å². The van der Waals surface area contributed by atoms with Crippen LogP contribution in [0.3, 0.4) is 0 Å². The Balaban J connectivity index is 1.45. The molecule has 2 aliphatic heterocycles. The van der Waals surface area contributed by atoms with Gasteiger partial charge >= 0.3 is 5.97 Å². The van der Waals surface area contributed by atoms with Gasteiger partial charge in [0, 0.05) is 49.4 Å². The van der Waals surface area contributed by atoms with Gasteiger partial charge in [-0.3, -0.25) is 14.4 Å². The fourth-order valence-corrected chi connectivity index (χ4v) is 4.95. The van der Waals surface area contributed by atoms with Gasteiger partial charge in [0.1, 0.15) is 0 Å². The summed E-state index contributed by atoms with van der Waals surface area (Å²) in [6, 6.07) is 10.0. The van der Waals surface area contributed by atoms with E-state index in [2.05, 4.69) is 10.3 Å². The Morgan fingerprint density at radius 1 is 1.09 bits per heavy atom. The van der Waals surface area contributed by atoms with Gasteiger partial charge in [0.05, 0.1) is 17.7 Å². The number of rotatable bonds is 6. The quantitative estimate of drug-likeness (QED) is 0.557. The number of hydrogen-bond donors (Lipinski definition) is 3. The number of halogens is 1. The standard InChI is InChI=1S/C25H29ClN4O5/c26-18-4-1-3-17(13-18)24(33)28-21-5-2-9-27-23(21)30-10-6-16(20(15-30)25(34)35)14-22(32)29-11-7-19(31)8-12-29/h1-5,9,13,16,19-20,31H,6-8,10-12,14-15H2,(H,28,33)(H,34,35). The van der Waals surface area contributed by atoms with Crippen molar-refractivity contribution in [1.29, 1.82) is 0 Å². The molecule has 4 rings (SSSR count). The maximum absolute atomic E-state index is 12.8. The second-order valence-electron chi connectivity index (χ2n) is 9.09. The molecule has 0 aliphatic carbocycles. The lowest BCUT2D eigenvalue weighted by Crippen LogP contribution is -2.47. The largest absolute Gasteiger partial charge is 0.481 e. The summed E-state index contributed by atoms with van der Waals surface area (Å²) in [7, 11) is 0. The van der Waals surface area contributed by atoms with E-state index in [-0.39, 0.29) is 36.8 Å². The van der Waals surface area contributed by atoms with Crippen molar-refractivity contribution in [3.05, 3.63) is 53.2 Å². The molecule has 2 unspecified atom stereocenters. The van der Waals surface area contributed by atoms with Crippen molar-refractivity contribution in [2.45, 2.75) is 31.8 Å². The highest BCUT2D eigenvalue weighted by atomic mass is 35.5. The van der Waals surface area contributed by atoms with Gasteiger partial charge in [0.2, 0.25) is 5.91 Å². The van der Waals surface area contributed by atoms with Crippen molar-refractivity contribution < 1.29 is 24.6 Å². The molecule has 10 heteroatoms. The van der Waals surface area contributed by atoms with Crippen LogP contribution in [0.4, 0.5) is 11.5 Å². The molecule has 0 radical (unpaired) electrons. The number of benzene rings is 1. The number of carboxylic acids is 1. The van der Waals surface area contributed by atoms with E-state index in [0.717, 1.165) is 0 Å². The number of aliphatic carboxylic acids is 1. The van der Waals surface area contributed by atoms with Crippen LogP contribution in [0.15, 0.2) is 42.6 Å². The van der Waals surface area contributed by atoms with Crippen LogP contribution in [0.25, 0.3) is 0 Å². The lowest BCUT2D eigenvalue weighted by molar-refractivity contribution is -0.145. The molecule has 35 heavy (non-hydrogen) atoms. The summed E-state index contributed by atoms with van der Waals surface area (Å²) in [6.45, 7) is 1.70. The average Bonchev–Trinajstić information content (AvgIpc) is 2.85. The van der Waals surface area contributed by atoms with E-state index in [1.165, 1.54) is 0 Å². The average molecular weight is 501 g/mol. The van der Waals surface area contributed by atoms with Crippen LogP contribution in [0.2, 0.25) is 5.02 Å². The molecule has 2 atom stereocenters. The molecule has 0 bridgehead atoms. The summed E-state index contributed by atoms with van der Waals surface area (Å²) in [5.74, 6) is -1.92. The van der Waals surface area contributed by atoms with Crippen LogP contribution in [-0.2, 0) is 9.59 Å². The van der Waals surface area contributed by atoms with Crippen LogP contribution < -0.4 is 10.2 Å². The van der Waals surface area contributed by atoms with Gasteiger partial charge in [-0.2, -0.15) is 0 Å². The number of piperidine rings is 2. The molecule has 2 fully saturated rings. The zero-order valence-electron chi connectivity index (χ0n) is 19.3. The van der Waals surface area contributed by atoms with E-state index >= 15 is 0 Å². The number of pyridine rings is 1. The fraction of sp³-hybridized carbons (Fsp3) is 0.440. The van der Waals surface area contributed by atoms with E-state index in [9.17, 15) is 24.6 Å². The molecule has 2 amide bonds. The third-order valence-corrected chi connectivity index (χ3v) is 6.98. The number of nitrogens with zero attached hydrogens (tertiary/aromatic N) is 3. The number of aliphatic hydroxyl groups is 1. The Hall–Kier alpha value is -3.17. The summed E-state index contributed by atoms with van der Waals surface area (Å²) in [6.07, 6.45) is 3.01. The smallest absolute Gasteiger partial charge is 0.308 e. The van der Waals surface area contributed by atoms with Crippen molar-refractivity contribution >= 4 is 40.9 Å². The Morgan fingerprint density at radius 2 is 1.86 bits per heavy atom. The van der Waals surface area contributed by atoms with Gasteiger partial charge in [-0.15, -0.1) is 0 Å². The second kappa shape index (κ2) is 11.0. The molecule has 2 aliphatic rings. The normalized spacial score (nSPS) is 21.0. The minimum Gasteiger partial charge on any atom is -0.481 e. The lowest BCUT2D eigenvalue weighted by atomic mass is 9.82. The van der Waals surface area contributed by atoms with E-state index in [0.29, 0.717) is 61.0 Å². The molecular weight excluding hydrogens is 472 g/mol. The first-order valence-electron chi connectivity index (χ1n) is 11.8. The number of aromatic nitrogens is 1. The molecule has 9 nitrogen and oxygen atoms in total. The minimum absolute atomic E-state index is 0.0612. The highest BCUT2D eigenvalue weighted by molar-refractivity contribution is 6.31. The van der Waals surface area contributed by atoms with Gasteiger partial charge in [-0.25, -0.2) is 4.98 Å². The summed E-state index contributed by atoms with van der Waals surface area (Å²) < 4.78 is 0. The van der Waals surface area contributed by atoms with Crippen molar-refractivity contribution in [2.75, 3.05) is 36.4 Å². The topological polar surface area (TPSA) is 123 Å². The number of amides is 2. The SMILES string of the molecule is O=C(Nc1cccnc1N1CCC(CC(=O)N2CCC(O)CC2)C(C(=O)O)C1)c1cccc(Cl)c1. The highest BCUT2D eigenvalue weighted by Crippen LogP contribution is 2.33. The molecular formula is C25H29ClN4O5. The van der Waals surface area contributed by atoms with Gasteiger partial charge in [-0.1, -0.05) is 17.7 Å². The lowest BCUT2D eigenvalue weighted by Gasteiger charge is -2.38. The molecule has 3 N–H and O–H groups in total. The fourth-order valence-electron chi connectivity index (χ4n) is 4.76. The van der Waals surface area contributed by atoms with Crippen molar-refractivity contribution in [3.63, 3.8) is 0 Å². The van der Waals surface area contributed by atoms with Gasteiger partial charge in [0.25, 0.3) is 5.91 Å². The molecule has 3 heterocycles. The Kier molecular flexibility index (Phi) is 7.87. The van der Waals surface area contributed by atoms with Crippen LogP contribution in [-0.4, -0.2) is 70.2 Å². The summed E-state index contributed by atoms with van der Waals surface area (Å²) >= 11 is 6.00. The molecule has 1 aromatic heterocycles. The van der Waals surface area contributed by atoms with Gasteiger partial charge in [0.15, 0.2) is 5.82 Å². The predicted octanol–water partition coefficient (Wildman–Crippen LogP) is 2.89. The number of likely N-dealkylation sites (tertiary alicyclic amines) is 1. The molecule has 2 saturated heterocycles. The molecule has 1 aromatic carbocycles. The van der Waals surface area contributed by atoms with Crippen LogP contribution in [0, 0.1) is 11.8 Å². The van der Waals surface area contributed by atoms with Crippen molar-refractivity contribution in [1.82, 2.24) is 9.88 Å². The van der Waals surface area contributed by atoms with Gasteiger partial charge in [-0.05, 0) is 55.5 Å². The Morgan fingerprint density at radius 3 is 2.57 bits per heavy atom. The van der Waals surface area contributed by atoms with E-state index in [4.69, 9.17) is 11.6 Å². The van der Waals surface area contributed by atoms with Crippen LogP contribution >= 0.6 is 11.6 Å². The van der Waals surface area contributed by atoms with Crippen LogP contribution in [0.1, 0.15) is 36.0 Å². The Bertz CT molecular complexity index is 1090. The molecule has 2 aromatic rings. The zero-order valence-corrected chi connectivity index (χ0v) is 20.0. The molecule has 0 spiro atoms. The van der Waals surface area contributed by atoms with Crippen molar-refractivity contribution in [3.8, 4) is 0 Å². The summed E-state index contributed by atoms with van der Waals surface area (Å²) in [5.41, 5.74) is 0.876. The zero-order chi connectivity index (χ0) is 24.9. The number of nitrogens with one attached hydrogen (secondary N) is 1. The summed E-state index contributed by atoms with van der Waals surface area (Å²) in [5, 5.41) is 22.9. The van der Waals surface area contributed by atoms with Crippen molar-refractivity contribution in [2.24, 2.45) is 11.8 Å². The molecule has 186 valence electrons. The van der Waals surface area contributed by atoms with E-state index < -0.39 is 11.9 Å². The number of carbonyl (C=O) groups excluding carboxylic acids is 2. The highest BCUT2D eigenvalue weighted by Gasteiger charge is 2.37. The van der Waals surface area contributed by atoms with E-state index in [1.807, 2.05) is 4.90 Å². The predicted molar refractivity (Wildman–Crippen MR) is 132 cm³/mol. The van der Waals surface area contributed by atoms with Gasteiger partial charge < -0.3 is 25.3 Å². The molecule has 0 saturated carbocycles. The third kappa shape index (κ3) is 6.10. The number of aliphatic hydroxyl groups excluding tert-OH is 1. The number of carbonyl (C=O) groups is 3. The first-order valence-corrected chi connectivity index (χ1v) is 12.1. The number of carboxylic acid groups (broad SMARTS) is 1. The van der Waals surface area contributed by atoms with E-state index in [1.54, 1.807) is 47.5 Å². The maximum atomic E-state index is 12.8. The number of hydrogen-bond acceptors (Lipinski definition) is 6. The second-order valence-corrected chi connectivity index (χ2v) is 9.53. The summed E-state index contributed by atoms with van der Waals surface area (Å²) in [4.78, 5) is 45.7. The maximum Gasteiger partial charge on any atom is 0.308 e. The third-order valence-electron chi connectivity index (χ3n) is 6.75. The van der Waals surface area contributed by atoms with Crippen LogP contribution in [0.5, 0.6) is 0 Å². The first-order chi connectivity index (χ1) is 16.8. The number of anilines is 2. The minimum atomic E-state index is -0.956.